The fourth-order valence-electron chi connectivity index (χ4n) is 2.74. The van der Waals surface area contributed by atoms with Gasteiger partial charge in [-0.15, -0.1) is 0 Å². The molecular weight excluding hydrogens is 314 g/mol. The Morgan fingerprint density at radius 2 is 1.76 bits per heavy atom. The summed E-state index contributed by atoms with van der Waals surface area (Å²) in [7, 11) is 1.58. The van der Waals surface area contributed by atoms with Gasteiger partial charge >= 0.3 is 0 Å². The molecule has 4 heteroatoms. The zero-order valence-corrected chi connectivity index (χ0v) is 14.2. The van der Waals surface area contributed by atoms with Gasteiger partial charge in [-0.1, -0.05) is 42.5 Å². The van der Waals surface area contributed by atoms with E-state index >= 15 is 0 Å². The van der Waals surface area contributed by atoms with Gasteiger partial charge in [0.1, 0.15) is 11.5 Å². The second kappa shape index (κ2) is 8.20. The maximum atomic E-state index is 13.1. The molecule has 3 aromatic rings. The van der Waals surface area contributed by atoms with Crippen LogP contribution in [0.1, 0.15) is 21.7 Å². The van der Waals surface area contributed by atoms with E-state index in [-0.39, 0.29) is 5.91 Å². The Hall–Kier alpha value is -3.01. The lowest BCUT2D eigenvalue weighted by atomic mass is 10.1. The number of hydrogen-bond acceptors (Lipinski definition) is 3. The van der Waals surface area contributed by atoms with E-state index in [0.717, 1.165) is 12.2 Å². The third kappa shape index (κ3) is 4.29. The predicted molar refractivity (Wildman–Crippen MR) is 96.6 cm³/mol. The molecule has 2 aromatic carbocycles. The standard InChI is InChI=1S/C21H21NO3/c1-24-20-12-6-5-11-19(20)21(23)22(16-18-10-7-15-25-18)14-13-17-8-3-2-4-9-17/h2-12,15H,13-14,16H2,1H3. The molecule has 25 heavy (non-hydrogen) atoms. The minimum absolute atomic E-state index is 0.0650. The highest BCUT2D eigenvalue weighted by molar-refractivity contribution is 5.96. The number of para-hydroxylation sites is 1. The average Bonchev–Trinajstić information content (AvgIpc) is 3.18. The first kappa shape index (κ1) is 16.8. The number of rotatable bonds is 7. The highest BCUT2D eigenvalue weighted by atomic mass is 16.5. The number of carbonyl (C=O) groups excluding carboxylic acids is 1. The van der Waals surface area contributed by atoms with Gasteiger partial charge in [0, 0.05) is 6.54 Å². The highest BCUT2D eigenvalue weighted by Gasteiger charge is 2.20. The molecule has 1 heterocycles. The molecule has 0 fully saturated rings. The highest BCUT2D eigenvalue weighted by Crippen LogP contribution is 2.21. The Morgan fingerprint density at radius 3 is 2.48 bits per heavy atom. The van der Waals surface area contributed by atoms with Crippen molar-refractivity contribution in [1.82, 2.24) is 4.90 Å². The van der Waals surface area contributed by atoms with Crippen molar-refractivity contribution < 1.29 is 13.9 Å². The van der Waals surface area contributed by atoms with Gasteiger partial charge in [0.25, 0.3) is 5.91 Å². The second-order valence-electron chi connectivity index (χ2n) is 5.74. The van der Waals surface area contributed by atoms with Crippen LogP contribution in [0, 0.1) is 0 Å². The molecule has 0 atom stereocenters. The van der Waals surface area contributed by atoms with E-state index in [1.165, 1.54) is 5.56 Å². The summed E-state index contributed by atoms with van der Waals surface area (Å²) in [6.07, 6.45) is 2.40. The summed E-state index contributed by atoms with van der Waals surface area (Å²) in [6, 6.07) is 21.1. The number of furan rings is 1. The van der Waals surface area contributed by atoms with Crippen molar-refractivity contribution in [3.05, 3.63) is 89.9 Å². The number of hydrogen-bond donors (Lipinski definition) is 0. The first-order chi connectivity index (χ1) is 12.3. The molecule has 0 radical (unpaired) electrons. The van der Waals surface area contributed by atoms with Crippen LogP contribution in [0.5, 0.6) is 5.75 Å². The fraction of sp³-hybridized carbons (Fsp3) is 0.190. The topological polar surface area (TPSA) is 42.7 Å². The quantitative estimate of drug-likeness (QED) is 0.651. The molecule has 0 N–H and O–H groups in total. The number of amides is 1. The van der Waals surface area contributed by atoms with E-state index < -0.39 is 0 Å². The number of carbonyl (C=O) groups is 1. The van der Waals surface area contributed by atoms with Crippen LogP contribution in [-0.4, -0.2) is 24.5 Å². The summed E-state index contributed by atoms with van der Waals surface area (Å²) in [4.78, 5) is 14.9. The maximum Gasteiger partial charge on any atom is 0.258 e. The van der Waals surface area contributed by atoms with E-state index in [2.05, 4.69) is 12.1 Å². The summed E-state index contributed by atoms with van der Waals surface area (Å²) in [5.74, 6) is 1.28. The van der Waals surface area contributed by atoms with Gasteiger partial charge < -0.3 is 14.1 Å². The molecule has 3 rings (SSSR count). The summed E-state index contributed by atoms with van der Waals surface area (Å²) >= 11 is 0. The third-order valence-corrected chi connectivity index (χ3v) is 4.06. The molecule has 0 bridgehead atoms. The molecular formula is C21H21NO3. The Balaban J connectivity index is 1.80. The van der Waals surface area contributed by atoms with Crippen LogP contribution in [0.25, 0.3) is 0 Å². The van der Waals surface area contributed by atoms with Gasteiger partial charge in [0.2, 0.25) is 0 Å². The Kier molecular flexibility index (Phi) is 5.52. The lowest BCUT2D eigenvalue weighted by molar-refractivity contribution is 0.0730. The number of benzene rings is 2. The van der Waals surface area contributed by atoms with Crippen molar-refractivity contribution in [3.63, 3.8) is 0 Å². The molecule has 128 valence electrons. The molecule has 0 aliphatic carbocycles. The van der Waals surface area contributed by atoms with Gasteiger partial charge in [-0.3, -0.25) is 4.79 Å². The second-order valence-corrected chi connectivity index (χ2v) is 5.74. The SMILES string of the molecule is COc1ccccc1C(=O)N(CCc1ccccc1)Cc1ccco1. The molecule has 0 aliphatic heterocycles. The van der Waals surface area contributed by atoms with Crippen LogP contribution in [-0.2, 0) is 13.0 Å². The van der Waals surface area contributed by atoms with Crippen LogP contribution in [0.3, 0.4) is 0 Å². The summed E-state index contributed by atoms with van der Waals surface area (Å²) in [5.41, 5.74) is 1.75. The largest absolute Gasteiger partial charge is 0.496 e. The number of ether oxygens (including phenoxy) is 1. The first-order valence-electron chi connectivity index (χ1n) is 8.26. The zero-order chi connectivity index (χ0) is 17.5. The minimum Gasteiger partial charge on any atom is -0.496 e. The van der Waals surface area contributed by atoms with E-state index in [0.29, 0.717) is 24.4 Å². The lowest BCUT2D eigenvalue weighted by Crippen LogP contribution is -2.32. The molecule has 0 saturated carbocycles. The van der Waals surface area contributed by atoms with E-state index in [1.807, 2.05) is 42.5 Å². The lowest BCUT2D eigenvalue weighted by Gasteiger charge is -2.23. The summed E-state index contributed by atoms with van der Waals surface area (Å²) in [5, 5.41) is 0. The van der Waals surface area contributed by atoms with Crippen molar-refractivity contribution in [3.8, 4) is 5.75 Å². The van der Waals surface area contributed by atoms with Crippen molar-refractivity contribution in [2.75, 3.05) is 13.7 Å². The van der Waals surface area contributed by atoms with Crippen LogP contribution in [0.2, 0.25) is 0 Å². The predicted octanol–water partition coefficient (Wildman–Crippen LogP) is 4.17. The van der Waals surface area contributed by atoms with Gasteiger partial charge in [-0.05, 0) is 36.2 Å². The third-order valence-electron chi connectivity index (χ3n) is 4.06. The molecule has 0 spiro atoms. The van der Waals surface area contributed by atoms with E-state index in [4.69, 9.17) is 9.15 Å². The minimum atomic E-state index is -0.0650. The van der Waals surface area contributed by atoms with Gasteiger partial charge in [0.15, 0.2) is 0 Å². The Morgan fingerprint density at radius 1 is 1.00 bits per heavy atom. The molecule has 4 nitrogen and oxygen atoms in total. The van der Waals surface area contributed by atoms with Crippen LogP contribution >= 0.6 is 0 Å². The molecule has 1 amide bonds. The van der Waals surface area contributed by atoms with E-state index in [1.54, 1.807) is 30.4 Å². The molecule has 0 aliphatic rings. The smallest absolute Gasteiger partial charge is 0.258 e. The Labute approximate surface area is 147 Å². The summed E-state index contributed by atoms with van der Waals surface area (Å²) in [6.45, 7) is 1.03. The average molecular weight is 335 g/mol. The first-order valence-corrected chi connectivity index (χ1v) is 8.26. The van der Waals surface area contributed by atoms with Crippen molar-refractivity contribution >= 4 is 5.91 Å². The van der Waals surface area contributed by atoms with Crippen LogP contribution in [0.4, 0.5) is 0 Å². The van der Waals surface area contributed by atoms with Crippen LogP contribution in [0.15, 0.2) is 77.4 Å². The summed E-state index contributed by atoms with van der Waals surface area (Å²) < 4.78 is 10.8. The maximum absolute atomic E-state index is 13.1. The van der Waals surface area contributed by atoms with Crippen molar-refractivity contribution in [2.24, 2.45) is 0 Å². The zero-order valence-electron chi connectivity index (χ0n) is 14.2. The molecule has 1 aromatic heterocycles. The number of nitrogens with zero attached hydrogens (tertiary/aromatic N) is 1. The van der Waals surface area contributed by atoms with Gasteiger partial charge in [-0.25, -0.2) is 0 Å². The van der Waals surface area contributed by atoms with Gasteiger partial charge in [-0.2, -0.15) is 0 Å². The monoisotopic (exact) mass is 335 g/mol. The van der Waals surface area contributed by atoms with Crippen LogP contribution < -0.4 is 4.74 Å². The fourth-order valence-corrected chi connectivity index (χ4v) is 2.74. The van der Waals surface area contributed by atoms with E-state index in [9.17, 15) is 4.79 Å². The van der Waals surface area contributed by atoms with Gasteiger partial charge in [0.05, 0.1) is 25.5 Å². The van der Waals surface area contributed by atoms with Crippen molar-refractivity contribution in [1.29, 1.82) is 0 Å². The molecule has 0 unspecified atom stereocenters. The Bertz CT molecular complexity index is 797. The number of methoxy groups -OCH3 is 1. The van der Waals surface area contributed by atoms with Crippen molar-refractivity contribution in [2.45, 2.75) is 13.0 Å². The normalized spacial score (nSPS) is 10.4. The molecule has 0 saturated heterocycles.